The minimum atomic E-state index is -0.439. The Bertz CT molecular complexity index is 708. The van der Waals surface area contributed by atoms with Crippen molar-refractivity contribution in [3.05, 3.63) is 16.0 Å². The van der Waals surface area contributed by atoms with Crippen LogP contribution in [0.2, 0.25) is 0 Å². The summed E-state index contributed by atoms with van der Waals surface area (Å²) < 4.78 is 4.84. The number of thiophene rings is 1. The standard InChI is InChI=1S/C18H24N2O4S/c1-10-11(2)25-16(14(10)18(23)24-3)19-15(21)13-5-4-8-20(9-13)17(22)12-6-7-12/h12-13H,4-9H2,1-3H3,(H,19,21). The van der Waals surface area contributed by atoms with Crippen LogP contribution in [-0.2, 0) is 14.3 Å². The number of aryl methyl sites for hydroxylation is 1. The Morgan fingerprint density at radius 1 is 1.16 bits per heavy atom. The molecule has 2 amide bonds. The number of anilines is 1. The van der Waals surface area contributed by atoms with Crippen LogP contribution in [0, 0.1) is 25.7 Å². The molecular weight excluding hydrogens is 340 g/mol. The van der Waals surface area contributed by atoms with Gasteiger partial charge >= 0.3 is 5.97 Å². The summed E-state index contributed by atoms with van der Waals surface area (Å²) in [5.41, 5.74) is 1.27. The predicted octanol–water partition coefficient (Wildman–Crippen LogP) is 2.74. The molecule has 1 aliphatic carbocycles. The molecule has 1 aromatic heterocycles. The molecule has 1 saturated heterocycles. The van der Waals surface area contributed by atoms with E-state index in [1.54, 1.807) is 0 Å². The van der Waals surface area contributed by atoms with Gasteiger partial charge in [-0.1, -0.05) is 0 Å². The largest absolute Gasteiger partial charge is 0.465 e. The average Bonchev–Trinajstić information content (AvgIpc) is 3.41. The van der Waals surface area contributed by atoms with Gasteiger partial charge in [0, 0.05) is 23.9 Å². The van der Waals surface area contributed by atoms with Gasteiger partial charge in [0.15, 0.2) is 0 Å². The van der Waals surface area contributed by atoms with Gasteiger partial charge in [-0.15, -0.1) is 11.3 Å². The summed E-state index contributed by atoms with van der Waals surface area (Å²) in [6.45, 7) is 4.98. The molecular formula is C18H24N2O4S. The highest BCUT2D eigenvalue weighted by molar-refractivity contribution is 7.16. The van der Waals surface area contributed by atoms with Crippen LogP contribution < -0.4 is 5.32 Å². The lowest BCUT2D eigenvalue weighted by atomic mass is 9.96. The summed E-state index contributed by atoms with van der Waals surface area (Å²) >= 11 is 1.39. The van der Waals surface area contributed by atoms with E-state index in [1.165, 1.54) is 18.4 Å². The third-order valence-corrected chi connectivity index (χ3v) is 6.16. The highest BCUT2D eigenvalue weighted by atomic mass is 32.1. The molecule has 2 heterocycles. The minimum Gasteiger partial charge on any atom is -0.465 e. The van der Waals surface area contributed by atoms with E-state index in [9.17, 15) is 14.4 Å². The molecule has 1 aromatic rings. The Balaban J connectivity index is 1.70. The summed E-state index contributed by atoms with van der Waals surface area (Å²) in [6, 6.07) is 0. The van der Waals surface area contributed by atoms with E-state index in [2.05, 4.69) is 5.32 Å². The summed E-state index contributed by atoms with van der Waals surface area (Å²) in [5, 5.41) is 3.44. The van der Waals surface area contributed by atoms with Crippen molar-refractivity contribution in [2.45, 2.75) is 39.5 Å². The first-order valence-corrected chi connectivity index (χ1v) is 9.52. The van der Waals surface area contributed by atoms with E-state index >= 15 is 0 Å². The van der Waals surface area contributed by atoms with E-state index in [-0.39, 0.29) is 23.7 Å². The monoisotopic (exact) mass is 364 g/mol. The van der Waals surface area contributed by atoms with Crippen LogP contribution in [-0.4, -0.2) is 42.9 Å². The van der Waals surface area contributed by atoms with E-state index in [0.717, 1.165) is 42.7 Å². The van der Waals surface area contributed by atoms with Gasteiger partial charge in [0.05, 0.1) is 18.6 Å². The normalized spacial score (nSPS) is 20.3. The van der Waals surface area contributed by atoms with E-state index < -0.39 is 5.97 Å². The van der Waals surface area contributed by atoms with Crippen LogP contribution in [0.25, 0.3) is 0 Å². The van der Waals surface area contributed by atoms with Crippen LogP contribution >= 0.6 is 11.3 Å². The maximum Gasteiger partial charge on any atom is 0.341 e. The maximum absolute atomic E-state index is 12.7. The number of nitrogens with zero attached hydrogens (tertiary/aromatic N) is 1. The van der Waals surface area contributed by atoms with E-state index in [0.29, 0.717) is 17.1 Å². The number of rotatable bonds is 4. The Labute approximate surface area is 151 Å². The highest BCUT2D eigenvalue weighted by Gasteiger charge is 2.37. The van der Waals surface area contributed by atoms with Gasteiger partial charge in [0.2, 0.25) is 11.8 Å². The van der Waals surface area contributed by atoms with Gasteiger partial charge in [-0.2, -0.15) is 0 Å². The molecule has 6 nitrogen and oxygen atoms in total. The van der Waals surface area contributed by atoms with Crippen molar-refractivity contribution >= 4 is 34.1 Å². The van der Waals surface area contributed by atoms with E-state index in [1.807, 2.05) is 18.7 Å². The highest BCUT2D eigenvalue weighted by Crippen LogP contribution is 2.35. The molecule has 25 heavy (non-hydrogen) atoms. The number of carbonyl (C=O) groups excluding carboxylic acids is 3. The fraction of sp³-hybridized carbons (Fsp3) is 0.611. The van der Waals surface area contributed by atoms with Crippen LogP contribution in [0.15, 0.2) is 0 Å². The quantitative estimate of drug-likeness (QED) is 0.834. The second-order valence-corrected chi connectivity index (χ2v) is 8.09. The molecule has 1 saturated carbocycles. The van der Waals surface area contributed by atoms with Crippen LogP contribution in [0.3, 0.4) is 0 Å². The molecule has 1 atom stereocenters. The number of amides is 2. The minimum absolute atomic E-state index is 0.125. The van der Waals surface area contributed by atoms with Gasteiger partial charge in [-0.25, -0.2) is 4.79 Å². The molecule has 3 rings (SSSR count). The average molecular weight is 364 g/mol. The topological polar surface area (TPSA) is 75.7 Å². The number of likely N-dealkylation sites (tertiary alicyclic amines) is 1. The lowest BCUT2D eigenvalue weighted by Gasteiger charge is -2.32. The molecule has 136 valence electrons. The summed E-state index contributed by atoms with van der Waals surface area (Å²) in [4.78, 5) is 39.8. The first-order valence-electron chi connectivity index (χ1n) is 8.70. The zero-order valence-electron chi connectivity index (χ0n) is 14.9. The van der Waals surface area contributed by atoms with Crippen molar-refractivity contribution < 1.29 is 19.1 Å². The maximum atomic E-state index is 12.7. The number of carbonyl (C=O) groups is 3. The molecule has 0 spiro atoms. The number of nitrogens with one attached hydrogen (secondary N) is 1. The first-order chi connectivity index (χ1) is 11.9. The number of hydrogen-bond donors (Lipinski definition) is 1. The van der Waals surface area contributed by atoms with Gasteiger partial charge in [0.25, 0.3) is 0 Å². The van der Waals surface area contributed by atoms with Gasteiger partial charge in [0.1, 0.15) is 5.00 Å². The second-order valence-electron chi connectivity index (χ2n) is 6.87. The molecule has 7 heteroatoms. The van der Waals surface area contributed by atoms with Crippen LogP contribution in [0.1, 0.15) is 46.5 Å². The molecule has 0 radical (unpaired) electrons. The molecule has 2 fully saturated rings. The fourth-order valence-electron chi connectivity index (χ4n) is 3.26. The number of piperidine rings is 1. The van der Waals surface area contributed by atoms with Gasteiger partial charge in [-0.3, -0.25) is 9.59 Å². The molecule has 2 aliphatic rings. The molecule has 1 aliphatic heterocycles. The predicted molar refractivity (Wildman–Crippen MR) is 95.8 cm³/mol. The van der Waals surface area contributed by atoms with Crippen molar-refractivity contribution in [3.8, 4) is 0 Å². The lowest BCUT2D eigenvalue weighted by Crippen LogP contribution is -2.44. The zero-order chi connectivity index (χ0) is 18.1. The van der Waals surface area contributed by atoms with Crippen molar-refractivity contribution in [2.75, 3.05) is 25.5 Å². The molecule has 0 bridgehead atoms. The van der Waals surface area contributed by atoms with Crippen LogP contribution in [0.4, 0.5) is 5.00 Å². The van der Waals surface area contributed by atoms with Crippen LogP contribution in [0.5, 0.6) is 0 Å². The summed E-state index contributed by atoms with van der Waals surface area (Å²) in [5.74, 6) is -0.429. The van der Waals surface area contributed by atoms with Gasteiger partial charge in [-0.05, 0) is 45.1 Å². The first kappa shape index (κ1) is 17.9. The number of ether oxygens (including phenoxy) is 1. The molecule has 0 aromatic carbocycles. The Morgan fingerprint density at radius 2 is 1.88 bits per heavy atom. The summed E-state index contributed by atoms with van der Waals surface area (Å²) in [7, 11) is 1.34. The lowest BCUT2D eigenvalue weighted by molar-refractivity contribution is -0.135. The zero-order valence-corrected chi connectivity index (χ0v) is 15.7. The SMILES string of the molecule is COC(=O)c1c(NC(=O)C2CCCN(C(=O)C3CC3)C2)sc(C)c1C. The van der Waals surface area contributed by atoms with Gasteiger partial charge < -0.3 is 15.0 Å². The fourth-order valence-corrected chi connectivity index (χ4v) is 4.31. The van der Waals surface area contributed by atoms with E-state index in [4.69, 9.17) is 4.74 Å². The Kier molecular flexibility index (Phi) is 5.13. The number of hydrogen-bond acceptors (Lipinski definition) is 5. The smallest absolute Gasteiger partial charge is 0.341 e. The molecule has 1 unspecified atom stereocenters. The third-order valence-electron chi connectivity index (χ3n) is 5.04. The Morgan fingerprint density at radius 3 is 2.52 bits per heavy atom. The number of esters is 1. The number of methoxy groups -OCH3 is 1. The van der Waals surface area contributed by atoms with Crippen molar-refractivity contribution in [1.82, 2.24) is 4.90 Å². The Hall–Kier alpha value is -1.89. The molecule has 1 N–H and O–H groups in total. The second kappa shape index (κ2) is 7.15. The third kappa shape index (κ3) is 3.71. The van der Waals surface area contributed by atoms with Crippen molar-refractivity contribution in [1.29, 1.82) is 0 Å². The van der Waals surface area contributed by atoms with Crippen molar-refractivity contribution in [2.24, 2.45) is 11.8 Å². The van der Waals surface area contributed by atoms with Crippen molar-refractivity contribution in [3.63, 3.8) is 0 Å². The summed E-state index contributed by atoms with van der Waals surface area (Å²) in [6.07, 6.45) is 3.55.